The van der Waals surface area contributed by atoms with Gasteiger partial charge in [0.15, 0.2) is 0 Å². The Bertz CT molecular complexity index is 1350. The van der Waals surface area contributed by atoms with Gasteiger partial charge in [0, 0.05) is 36.1 Å². The Morgan fingerprint density at radius 2 is 1.52 bits per heavy atom. The summed E-state index contributed by atoms with van der Waals surface area (Å²) in [6.07, 6.45) is 4.39. The number of hydrogen-bond acceptors (Lipinski definition) is 5. The quantitative estimate of drug-likeness (QED) is 0.364. The van der Waals surface area contributed by atoms with Crippen molar-refractivity contribution in [2.75, 3.05) is 11.9 Å². The normalized spacial score (nSPS) is 11.9. The van der Waals surface area contributed by atoms with Crippen LogP contribution in [0.15, 0.2) is 103 Å². The molecule has 5 rings (SSSR count). The van der Waals surface area contributed by atoms with Crippen molar-refractivity contribution in [1.82, 2.24) is 15.2 Å². The standard InChI is InChI=1S/C28H25N5/c29-23(17-20-7-2-1-3-8-20)19-31-27-18-26(22-13-15-30-16-14-22)28(33-32-27)25-12-6-10-21-9-4-5-11-24(21)25/h1-16,18,23H,17,19,29H2,(H,31,32)/t23-/m0/s1. The van der Waals surface area contributed by atoms with E-state index in [-0.39, 0.29) is 6.04 Å². The maximum Gasteiger partial charge on any atom is 0.149 e. The van der Waals surface area contributed by atoms with Gasteiger partial charge in [0.2, 0.25) is 0 Å². The van der Waals surface area contributed by atoms with Gasteiger partial charge in [0.1, 0.15) is 11.5 Å². The van der Waals surface area contributed by atoms with Crippen molar-refractivity contribution in [3.05, 3.63) is 109 Å². The van der Waals surface area contributed by atoms with Crippen molar-refractivity contribution in [1.29, 1.82) is 0 Å². The molecule has 0 fully saturated rings. The monoisotopic (exact) mass is 431 g/mol. The molecule has 2 aromatic heterocycles. The number of fused-ring (bicyclic) bond motifs is 1. The van der Waals surface area contributed by atoms with Crippen molar-refractivity contribution in [3.63, 3.8) is 0 Å². The fraction of sp³-hybridized carbons (Fsp3) is 0.107. The van der Waals surface area contributed by atoms with Crippen molar-refractivity contribution < 1.29 is 0 Å². The molecular weight excluding hydrogens is 406 g/mol. The molecule has 0 aliphatic carbocycles. The number of hydrogen-bond donors (Lipinski definition) is 2. The van der Waals surface area contributed by atoms with Gasteiger partial charge in [-0.05, 0) is 46.5 Å². The van der Waals surface area contributed by atoms with E-state index in [1.807, 2.05) is 36.4 Å². The number of nitrogens with one attached hydrogen (secondary N) is 1. The molecule has 2 heterocycles. The van der Waals surface area contributed by atoms with Crippen LogP contribution in [0.3, 0.4) is 0 Å². The van der Waals surface area contributed by atoms with Crippen LogP contribution in [0.5, 0.6) is 0 Å². The zero-order valence-electron chi connectivity index (χ0n) is 18.2. The molecule has 1 atom stereocenters. The summed E-state index contributed by atoms with van der Waals surface area (Å²) in [5, 5.41) is 14.9. The van der Waals surface area contributed by atoms with Crippen LogP contribution in [-0.2, 0) is 6.42 Å². The topological polar surface area (TPSA) is 76.7 Å². The van der Waals surface area contributed by atoms with E-state index in [1.165, 1.54) is 10.9 Å². The van der Waals surface area contributed by atoms with E-state index in [0.717, 1.165) is 34.2 Å². The fourth-order valence-corrected chi connectivity index (χ4v) is 4.09. The predicted molar refractivity (Wildman–Crippen MR) is 135 cm³/mol. The zero-order chi connectivity index (χ0) is 22.5. The third kappa shape index (κ3) is 4.73. The van der Waals surface area contributed by atoms with Crippen molar-refractivity contribution in [3.8, 4) is 22.4 Å². The molecule has 162 valence electrons. The third-order valence-corrected chi connectivity index (χ3v) is 5.72. The molecule has 0 aliphatic heterocycles. The van der Waals surface area contributed by atoms with Crippen LogP contribution in [0.1, 0.15) is 5.56 Å². The van der Waals surface area contributed by atoms with Gasteiger partial charge in [0.25, 0.3) is 0 Å². The van der Waals surface area contributed by atoms with E-state index >= 15 is 0 Å². The van der Waals surface area contributed by atoms with Crippen LogP contribution in [0.4, 0.5) is 5.82 Å². The number of anilines is 1. The Labute approximate surface area is 193 Å². The lowest BCUT2D eigenvalue weighted by Crippen LogP contribution is -2.31. The smallest absolute Gasteiger partial charge is 0.149 e. The second-order valence-electron chi connectivity index (χ2n) is 8.09. The lowest BCUT2D eigenvalue weighted by atomic mass is 9.96. The lowest BCUT2D eigenvalue weighted by Gasteiger charge is -2.15. The zero-order valence-corrected chi connectivity index (χ0v) is 18.2. The molecule has 33 heavy (non-hydrogen) atoms. The number of nitrogens with two attached hydrogens (primary N) is 1. The van der Waals surface area contributed by atoms with Crippen LogP contribution in [-0.4, -0.2) is 27.8 Å². The average Bonchev–Trinajstić information content (AvgIpc) is 2.88. The van der Waals surface area contributed by atoms with E-state index in [4.69, 9.17) is 5.73 Å². The number of aromatic nitrogens is 3. The molecule has 0 aliphatic rings. The second kappa shape index (κ2) is 9.59. The average molecular weight is 432 g/mol. The van der Waals surface area contributed by atoms with Crippen LogP contribution in [0, 0.1) is 0 Å². The Kier molecular flexibility index (Phi) is 6.04. The third-order valence-electron chi connectivity index (χ3n) is 5.72. The van der Waals surface area contributed by atoms with Crippen LogP contribution in [0.25, 0.3) is 33.2 Å². The molecular formula is C28H25N5. The van der Waals surface area contributed by atoms with Gasteiger partial charge in [0.05, 0.1) is 0 Å². The molecule has 0 radical (unpaired) electrons. The van der Waals surface area contributed by atoms with Crippen molar-refractivity contribution >= 4 is 16.6 Å². The Morgan fingerprint density at radius 1 is 0.758 bits per heavy atom. The molecule has 5 heteroatoms. The summed E-state index contributed by atoms with van der Waals surface area (Å²) in [6.45, 7) is 0.604. The lowest BCUT2D eigenvalue weighted by molar-refractivity contribution is 0.697. The van der Waals surface area contributed by atoms with E-state index in [1.54, 1.807) is 12.4 Å². The fourth-order valence-electron chi connectivity index (χ4n) is 4.09. The minimum atomic E-state index is -0.0312. The summed E-state index contributed by atoms with van der Waals surface area (Å²) in [7, 11) is 0. The first-order valence-corrected chi connectivity index (χ1v) is 11.1. The number of rotatable bonds is 7. The highest BCUT2D eigenvalue weighted by molar-refractivity contribution is 5.99. The molecule has 0 saturated heterocycles. The molecule has 3 aromatic carbocycles. The largest absolute Gasteiger partial charge is 0.367 e. The molecule has 0 unspecified atom stereocenters. The number of nitrogens with zero attached hydrogens (tertiary/aromatic N) is 3. The molecule has 5 nitrogen and oxygen atoms in total. The van der Waals surface area contributed by atoms with E-state index in [0.29, 0.717) is 12.4 Å². The predicted octanol–water partition coefficient (Wildman–Crippen LogP) is 5.34. The highest BCUT2D eigenvalue weighted by Crippen LogP contribution is 2.35. The van der Waals surface area contributed by atoms with Crippen molar-refractivity contribution in [2.24, 2.45) is 5.73 Å². The van der Waals surface area contributed by atoms with E-state index in [2.05, 4.69) is 75.1 Å². The van der Waals surface area contributed by atoms with Crippen LogP contribution in [0.2, 0.25) is 0 Å². The van der Waals surface area contributed by atoms with E-state index < -0.39 is 0 Å². The number of benzene rings is 3. The van der Waals surface area contributed by atoms with Gasteiger partial charge < -0.3 is 11.1 Å². The maximum atomic E-state index is 6.37. The highest BCUT2D eigenvalue weighted by atomic mass is 15.2. The van der Waals surface area contributed by atoms with Gasteiger partial charge >= 0.3 is 0 Å². The molecule has 0 spiro atoms. The summed E-state index contributed by atoms with van der Waals surface area (Å²) in [4.78, 5) is 4.18. The summed E-state index contributed by atoms with van der Waals surface area (Å²) >= 11 is 0. The second-order valence-corrected chi connectivity index (χ2v) is 8.09. The summed E-state index contributed by atoms with van der Waals surface area (Å²) in [5.74, 6) is 0.703. The summed E-state index contributed by atoms with van der Waals surface area (Å²) in [6, 6.07) is 30.9. The van der Waals surface area contributed by atoms with Gasteiger partial charge in [-0.3, -0.25) is 4.98 Å². The van der Waals surface area contributed by atoms with Gasteiger partial charge in [-0.25, -0.2) is 0 Å². The number of pyridine rings is 1. The molecule has 5 aromatic rings. The van der Waals surface area contributed by atoms with Crippen molar-refractivity contribution in [2.45, 2.75) is 12.5 Å². The molecule has 0 saturated carbocycles. The van der Waals surface area contributed by atoms with Crippen LogP contribution >= 0.6 is 0 Å². The Balaban J connectivity index is 1.47. The summed E-state index contributed by atoms with van der Waals surface area (Å²) < 4.78 is 0. The molecule has 0 amide bonds. The van der Waals surface area contributed by atoms with E-state index in [9.17, 15) is 0 Å². The van der Waals surface area contributed by atoms with Gasteiger partial charge in [-0.15, -0.1) is 10.2 Å². The minimum Gasteiger partial charge on any atom is -0.367 e. The van der Waals surface area contributed by atoms with Crippen LogP contribution < -0.4 is 11.1 Å². The first kappa shape index (κ1) is 20.8. The first-order chi connectivity index (χ1) is 16.3. The Hall–Kier alpha value is -4.09. The molecule has 0 bridgehead atoms. The highest BCUT2D eigenvalue weighted by Gasteiger charge is 2.15. The SMILES string of the molecule is N[C@H](CNc1cc(-c2ccncc2)c(-c2cccc3ccccc23)nn1)Cc1ccccc1. The van der Waals surface area contributed by atoms with Gasteiger partial charge in [-0.2, -0.15) is 0 Å². The maximum absolute atomic E-state index is 6.37. The Morgan fingerprint density at radius 3 is 2.36 bits per heavy atom. The first-order valence-electron chi connectivity index (χ1n) is 11.1. The van der Waals surface area contributed by atoms with Gasteiger partial charge in [-0.1, -0.05) is 72.8 Å². The molecule has 3 N–H and O–H groups in total. The minimum absolute atomic E-state index is 0.0312. The summed E-state index contributed by atoms with van der Waals surface area (Å²) in [5.41, 5.74) is 11.5.